The van der Waals surface area contributed by atoms with Crippen molar-refractivity contribution in [3.63, 3.8) is 0 Å². The smallest absolute Gasteiger partial charge is 0.207 e. The van der Waals surface area contributed by atoms with Crippen molar-refractivity contribution < 1.29 is 8.42 Å². The summed E-state index contributed by atoms with van der Waals surface area (Å²) in [6.45, 7) is 3.10. The van der Waals surface area contributed by atoms with Gasteiger partial charge in [-0.2, -0.15) is 4.31 Å². The molecule has 0 radical (unpaired) electrons. The highest BCUT2D eigenvalue weighted by atomic mass is 35.5. The van der Waals surface area contributed by atoms with Crippen LogP contribution in [0.15, 0.2) is 17.0 Å². The molecular formula is C15H19Cl2NO2S. The van der Waals surface area contributed by atoms with E-state index in [0.717, 1.165) is 18.4 Å². The number of benzene rings is 1. The van der Waals surface area contributed by atoms with Gasteiger partial charge in [-0.1, -0.05) is 18.0 Å². The zero-order chi connectivity index (χ0) is 15.2. The molecule has 1 saturated heterocycles. The quantitative estimate of drug-likeness (QED) is 0.779. The molecular weight excluding hydrogens is 329 g/mol. The Hall–Kier alpha value is -0.290. The molecule has 3 nitrogen and oxygen atoms in total. The van der Waals surface area contributed by atoms with Crippen molar-refractivity contribution in [1.82, 2.24) is 4.31 Å². The fourth-order valence-electron chi connectivity index (χ4n) is 3.64. The Balaban J connectivity index is 1.97. The van der Waals surface area contributed by atoms with Gasteiger partial charge < -0.3 is 0 Å². The number of hydrogen-bond acceptors (Lipinski definition) is 2. The summed E-state index contributed by atoms with van der Waals surface area (Å²) >= 11 is 12.0. The minimum Gasteiger partial charge on any atom is -0.207 e. The van der Waals surface area contributed by atoms with Gasteiger partial charge in [-0.15, -0.1) is 11.6 Å². The summed E-state index contributed by atoms with van der Waals surface area (Å²) in [5, 5.41) is 0.425. The number of rotatable bonds is 3. The Bertz CT molecular complexity index is 648. The number of alkyl halides is 1. The van der Waals surface area contributed by atoms with E-state index >= 15 is 0 Å². The molecule has 116 valence electrons. The van der Waals surface area contributed by atoms with E-state index in [0.29, 0.717) is 40.4 Å². The summed E-state index contributed by atoms with van der Waals surface area (Å²) in [5.74, 6) is 1.33. The van der Waals surface area contributed by atoms with E-state index in [1.807, 2.05) is 0 Å². The Morgan fingerprint density at radius 1 is 1.24 bits per heavy atom. The number of nitrogens with zero attached hydrogens (tertiary/aromatic N) is 1. The lowest BCUT2D eigenvalue weighted by atomic mass is 10.0. The maximum atomic E-state index is 12.9. The zero-order valence-electron chi connectivity index (χ0n) is 12.0. The first kappa shape index (κ1) is 15.6. The van der Waals surface area contributed by atoms with E-state index < -0.39 is 10.0 Å². The molecule has 1 saturated carbocycles. The predicted molar refractivity (Wildman–Crippen MR) is 85.3 cm³/mol. The predicted octanol–water partition coefficient (Wildman–Crippen LogP) is 3.81. The van der Waals surface area contributed by atoms with E-state index in [9.17, 15) is 8.42 Å². The van der Waals surface area contributed by atoms with Crippen LogP contribution >= 0.6 is 23.2 Å². The molecule has 6 heteroatoms. The third kappa shape index (κ3) is 2.72. The fraction of sp³-hybridized carbons (Fsp3) is 0.600. The molecule has 0 amide bonds. The van der Waals surface area contributed by atoms with Crippen LogP contribution in [0.3, 0.4) is 0 Å². The molecule has 0 spiro atoms. The lowest BCUT2D eigenvalue weighted by Crippen LogP contribution is -2.30. The van der Waals surface area contributed by atoms with Crippen molar-refractivity contribution in [2.24, 2.45) is 11.8 Å². The first-order chi connectivity index (χ1) is 9.93. The highest BCUT2D eigenvalue weighted by molar-refractivity contribution is 7.89. The molecule has 21 heavy (non-hydrogen) atoms. The van der Waals surface area contributed by atoms with Crippen LogP contribution in [-0.4, -0.2) is 25.8 Å². The van der Waals surface area contributed by atoms with Gasteiger partial charge in [0.15, 0.2) is 0 Å². The highest BCUT2D eigenvalue weighted by Gasteiger charge is 2.41. The topological polar surface area (TPSA) is 37.4 Å². The maximum Gasteiger partial charge on any atom is 0.243 e. The van der Waals surface area contributed by atoms with Gasteiger partial charge in [0, 0.05) is 24.0 Å². The lowest BCUT2D eigenvalue weighted by Gasteiger charge is -2.20. The number of hydrogen-bond donors (Lipinski definition) is 0. The summed E-state index contributed by atoms with van der Waals surface area (Å²) < 4.78 is 27.5. The van der Waals surface area contributed by atoms with Gasteiger partial charge in [0.2, 0.25) is 10.0 Å². The van der Waals surface area contributed by atoms with Crippen LogP contribution < -0.4 is 0 Å². The highest BCUT2D eigenvalue weighted by Crippen LogP contribution is 2.40. The monoisotopic (exact) mass is 347 g/mol. The summed E-state index contributed by atoms with van der Waals surface area (Å²) in [7, 11) is -3.48. The molecule has 2 fully saturated rings. The van der Waals surface area contributed by atoms with Crippen LogP contribution in [0.5, 0.6) is 0 Å². The van der Waals surface area contributed by atoms with Crippen LogP contribution in [0.1, 0.15) is 30.4 Å². The van der Waals surface area contributed by atoms with Gasteiger partial charge in [-0.05, 0) is 54.9 Å². The minimum absolute atomic E-state index is 0.264. The van der Waals surface area contributed by atoms with Crippen LogP contribution in [0.25, 0.3) is 0 Å². The first-order valence-corrected chi connectivity index (χ1v) is 9.64. The van der Waals surface area contributed by atoms with E-state index in [1.54, 1.807) is 23.4 Å². The second-order valence-corrected chi connectivity index (χ2v) is 8.70. The molecule has 0 aromatic heterocycles. The summed E-state index contributed by atoms with van der Waals surface area (Å²) in [6.07, 6.45) is 3.53. The molecule has 0 N–H and O–H groups in total. The molecule has 1 aliphatic heterocycles. The van der Waals surface area contributed by atoms with Crippen molar-refractivity contribution in [1.29, 1.82) is 0 Å². The van der Waals surface area contributed by atoms with Gasteiger partial charge in [-0.25, -0.2) is 8.42 Å². The van der Waals surface area contributed by atoms with Crippen molar-refractivity contribution >= 4 is 33.2 Å². The fourth-order valence-corrected chi connectivity index (χ4v) is 6.07. The first-order valence-electron chi connectivity index (χ1n) is 7.28. The molecule has 2 atom stereocenters. The van der Waals surface area contributed by atoms with Crippen molar-refractivity contribution in [2.75, 3.05) is 13.1 Å². The molecule has 1 aromatic rings. The van der Waals surface area contributed by atoms with Gasteiger partial charge in [0.25, 0.3) is 0 Å². The molecule has 0 bridgehead atoms. The van der Waals surface area contributed by atoms with Crippen LogP contribution in [0, 0.1) is 18.8 Å². The SMILES string of the molecule is Cc1c(CCl)cc(Cl)cc1S(=O)(=O)N1CC2CCCC2C1. The average molecular weight is 348 g/mol. The Labute approximate surface area is 136 Å². The number of fused-ring (bicyclic) bond motifs is 1. The lowest BCUT2D eigenvalue weighted by molar-refractivity contribution is 0.445. The van der Waals surface area contributed by atoms with Crippen molar-refractivity contribution in [3.05, 3.63) is 28.3 Å². The zero-order valence-corrected chi connectivity index (χ0v) is 14.3. The van der Waals surface area contributed by atoms with E-state index in [-0.39, 0.29) is 5.88 Å². The second-order valence-electron chi connectivity index (χ2n) is 6.09. The number of sulfonamides is 1. The third-order valence-corrected chi connectivity index (χ3v) is 7.35. The van der Waals surface area contributed by atoms with Crippen LogP contribution in [0.4, 0.5) is 0 Å². The summed E-state index contributed by atoms with van der Waals surface area (Å²) in [4.78, 5) is 0.311. The van der Waals surface area contributed by atoms with Crippen molar-refractivity contribution in [2.45, 2.75) is 37.0 Å². The standard InChI is InChI=1S/C15H19Cl2NO2S/c1-10-13(7-16)5-14(17)6-15(10)21(19,20)18-8-11-3-2-4-12(11)9-18/h5-6,11-12H,2-4,7-9H2,1H3. The van der Waals surface area contributed by atoms with Crippen LogP contribution in [-0.2, 0) is 15.9 Å². The molecule has 1 aromatic carbocycles. The molecule has 2 aliphatic rings. The van der Waals surface area contributed by atoms with E-state index in [2.05, 4.69) is 0 Å². The largest absolute Gasteiger partial charge is 0.243 e. The van der Waals surface area contributed by atoms with Gasteiger partial charge >= 0.3 is 0 Å². The molecule has 1 aliphatic carbocycles. The Morgan fingerprint density at radius 2 is 1.86 bits per heavy atom. The van der Waals surface area contributed by atoms with Crippen molar-refractivity contribution in [3.8, 4) is 0 Å². The van der Waals surface area contributed by atoms with E-state index in [1.165, 1.54) is 6.42 Å². The second kappa shape index (κ2) is 5.73. The molecule has 2 unspecified atom stereocenters. The van der Waals surface area contributed by atoms with E-state index in [4.69, 9.17) is 23.2 Å². The van der Waals surface area contributed by atoms with Gasteiger partial charge in [-0.3, -0.25) is 0 Å². The van der Waals surface area contributed by atoms with Gasteiger partial charge in [0.05, 0.1) is 4.90 Å². The minimum atomic E-state index is -3.48. The summed E-state index contributed by atoms with van der Waals surface area (Å²) in [5.41, 5.74) is 1.49. The average Bonchev–Trinajstić information content (AvgIpc) is 3.01. The van der Waals surface area contributed by atoms with Gasteiger partial charge in [0.1, 0.15) is 0 Å². The van der Waals surface area contributed by atoms with Crippen LogP contribution in [0.2, 0.25) is 5.02 Å². The molecule has 3 rings (SSSR count). The number of halogens is 2. The molecule has 1 heterocycles. The third-order valence-electron chi connectivity index (χ3n) is 4.89. The summed E-state index contributed by atoms with van der Waals surface area (Å²) in [6, 6.07) is 3.29. The Kier molecular flexibility index (Phi) is 4.25. The Morgan fingerprint density at radius 3 is 2.43 bits per heavy atom. The normalized spacial score (nSPS) is 26.2. The maximum absolute atomic E-state index is 12.9.